The number of fused-ring (bicyclic) bond motifs is 1. The quantitative estimate of drug-likeness (QED) is 0.871. The van der Waals surface area contributed by atoms with Gasteiger partial charge in [0.15, 0.2) is 5.13 Å². The maximum absolute atomic E-state index is 4.64. The van der Waals surface area contributed by atoms with Gasteiger partial charge in [0.2, 0.25) is 0 Å². The number of thiazole rings is 1. The highest BCUT2D eigenvalue weighted by Gasteiger charge is 2.10. The molecular formula is C15H23N3S. The van der Waals surface area contributed by atoms with Crippen molar-refractivity contribution in [3.63, 3.8) is 0 Å². The van der Waals surface area contributed by atoms with Crippen molar-refractivity contribution >= 4 is 26.7 Å². The second-order valence-electron chi connectivity index (χ2n) is 5.02. The van der Waals surface area contributed by atoms with Crippen molar-refractivity contribution in [3.8, 4) is 0 Å². The van der Waals surface area contributed by atoms with Crippen LogP contribution in [0, 0.1) is 6.92 Å². The van der Waals surface area contributed by atoms with Crippen LogP contribution in [-0.2, 0) is 0 Å². The van der Waals surface area contributed by atoms with Gasteiger partial charge in [-0.25, -0.2) is 4.98 Å². The molecule has 1 unspecified atom stereocenters. The fraction of sp³-hybridized carbons (Fsp3) is 0.533. The molecule has 4 heteroatoms. The van der Waals surface area contributed by atoms with E-state index in [2.05, 4.69) is 61.1 Å². The Morgan fingerprint density at radius 1 is 1.32 bits per heavy atom. The molecule has 0 spiro atoms. The van der Waals surface area contributed by atoms with E-state index in [9.17, 15) is 0 Å². The second kappa shape index (κ2) is 6.35. The molecule has 1 aromatic heterocycles. The van der Waals surface area contributed by atoms with Crippen LogP contribution in [0.2, 0.25) is 0 Å². The summed E-state index contributed by atoms with van der Waals surface area (Å²) in [6, 6.07) is 6.83. The molecule has 0 saturated heterocycles. The van der Waals surface area contributed by atoms with Crippen LogP contribution in [0.25, 0.3) is 10.2 Å². The van der Waals surface area contributed by atoms with Crippen molar-refractivity contribution in [2.24, 2.45) is 0 Å². The normalized spacial score (nSPS) is 13.1. The van der Waals surface area contributed by atoms with Gasteiger partial charge in [-0.3, -0.25) is 0 Å². The van der Waals surface area contributed by atoms with Crippen LogP contribution in [0.3, 0.4) is 0 Å². The Morgan fingerprint density at radius 2 is 2.05 bits per heavy atom. The van der Waals surface area contributed by atoms with Gasteiger partial charge in [-0.15, -0.1) is 0 Å². The minimum Gasteiger partial charge on any atom is -0.358 e. The first-order valence-corrected chi connectivity index (χ1v) is 7.80. The first kappa shape index (κ1) is 14.3. The van der Waals surface area contributed by atoms with Gasteiger partial charge < -0.3 is 10.2 Å². The molecule has 0 aliphatic heterocycles. The van der Waals surface area contributed by atoms with E-state index in [-0.39, 0.29) is 0 Å². The summed E-state index contributed by atoms with van der Waals surface area (Å²) in [5.41, 5.74) is 2.38. The van der Waals surface area contributed by atoms with E-state index in [0.29, 0.717) is 6.04 Å². The van der Waals surface area contributed by atoms with Crippen molar-refractivity contribution in [1.29, 1.82) is 0 Å². The number of nitrogens with one attached hydrogen (secondary N) is 1. The highest BCUT2D eigenvalue weighted by Crippen LogP contribution is 2.27. The maximum Gasteiger partial charge on any atom is 0.184 e. The zero-order valence-corrected chi connectivity index (χ0v) is 13.0. The van der Waals surface area contributed by atoms with Crippen LogP contribution in [0.1, 0.15) is 26.3 Å². The first-order valence-electron chi connectivity index (χ1n) is 6.98. The summed E-state index contributed by atoms with van der Waals surface area (Å²) in [6.07, 6.45) is 0. The molecule has 1 N–H and O–H groups in total. The van der Waals surface area contributed by atoms with E-state index in [0.717, 1.165) is 30.3 Å². The third-order valence-electron chi connectivity index (χ3n) is 3.34. The number of aryl methyl sites for hydroxylation is 1. The topological polar surface area (TPSA) is 28.2 Å². The summed E-state index contributed by atoms with van der Waals surface area (Å²) >= 11 is 1.74. The second-order valence-corrected chi connectivity index (χ2v) is 6.05. The Labute approximate surface area is 119 Å². The molecule has 0 aliphatic carbocycles. The van der Waals surface area contributed by atoms with Crippen LogP contribution in [-0.4, -0.2) is 35.6 Å². The molecule has 0 fully saturated rings. The number of rotatable bonds is 6. The van der Waals surface area contributed by atoms with Gasteiger partial charge in [-0.1, -0.05) is 31.3 Å². The predicted octanol–water partition coefficient (Wildman–Crippen LogP) is 3.75. The number of benzene rings is 1. The van der Waals surface area contributed by atoms with Crippen molar-refractivity contribution in [2.45, 2.75) is 33.7 Å². The van der Waals surface area contributed by atoms with Gasteiger partial charge in [0.25, 0.3) is 0 Å². The summed E-state index contributed by atoms with van der Waals surface area (Å²) in [5, 5.41) is 4.54. The maximum atomic E-state index is 4.64. The van der Waals surface area contributed by atoms with Gasteiger partial charge >= 0.3 is 0 Å². The smallest absolute Gasteiger partial charge is 0.184 e. The largest absolute Gasteiger partial charge is 0.358 e. The Kier molecular flexibility index (Phi) is 4.77. The van der Waals surface area contributed by atoms with Gasteiger partial charge in [0, 0.05) is 12.6 Å². The number of hydrogen-bond donors (Lipinski definition) is 1. The lowest BCUT2D eigenvalue weighted by atomic mass is 10.2. The number of hydrogen-bond acceptors (Lipinski definition) is 4. The van der Waals surface area contributed by atoms with Crippen molar-refractivity contribution < 1.29 is 0 Å². The number of aromatic nitrogens is 1. The average molecular weight is 277 g/mol. The third-order valence-corrected chi connectivity index (χ3v) is 4.29. The van der Waals surface area contributed by atoms with Crippen molar-refractivity contribution in [3.05, 3.63) is 23.8 Å². The Morgan fingerprint density at radius 3 is 2.74 bits per heavy atom. The van der Waals surface area contributed by atoms with Crippen molar-refractivity contribution in [1.82, 2.24) is 9.88 Å². The summed E-state index contributed by atoms with van der Waals surface area (Å²) in [7, 11) is 0. The fourth-order valence-corrected chi connectivity index (χ4v) is 3.29. The summed E-state index contributed by atoms with van der Waals surface area (Å²) in [5.74, 6) is 0. The lowest BCUT2D eigenvalue weighted by Gasteiger charge is -2.23. The monoisotopic (exact) mass is 277 g/mol. The van der Waals surface area contributed by atoms with Crippen LogP contribution in [0.15, 0.2) is 18.2 Å². The SMILES string of the molecule is CCN(CC)CC(C)Nc1nc2ccc(C)cc2s1. The fourth-order valence-electron chi connectivity index (χ4n) is 2.22. The van der Waals surface area contributed by atoms with E-state index in [1.807, 2.05) is 0 Å². The summed E-state index contributed by atoms with van der Waals surface area (Å²) in [4.78, 5) is 7.07. The summed E-state index contributed by atoms with van der Waals surface area (Å²) in [6.45, 7) is 12.0. The average Bonchev–Trinajstić information content (AvgIpc) is 2.77. The van der Waals surface area contributed by atoms with Crippen LogP contribution in [0.4, 0.5) is 5.13 Å². The molecule has 104 valence electrons. The van der Waals surface area contributed by atoms with Gasteiger partial charge in [0.05, 0.1) is 10.2 Å². The molecule has 1 heterocycles. The number of nitrogens with zero attached hydrogens (tertiary/aromatic N) is 2. The highest BCUT2D eigenvalue weighted by molar-refractivity contribution is 7.22. The molecule has 0 aliphatic rings. The molecule has 3 nitrogen and oxygen atoms in total. The number of likely N-dealkylation sites (N-methyl/N-ethyl adjacent to an activating group) is 1. The molecule has 2 aromatic rings. The van der Waals surface area contributed by atoms with Gasteiger partial charge in [-0.05, 0) is 44.6 Å². The minimum absolute atomic E-state index is 0.418. The molecule has 1 aromatic carbocycles. The Bertz CT molecular complexity index is 531. The lowest BCUT2D eigenvalue weighted by molar-refractivity contribution is 0.295. The predicted molar refractivity (Wildman–Crippen MR) is 85.2 cm³/mol. The van der Waals surface area contributed by atoms with E-state index in [1.54, 1.807) is 11.3 Å². The van der Waals surface area contributed by atoms with Crippen LogP contribution in [0.5, 0.6) is 0 Å². The van der Waals surface area contributed by atoms with Crippen molar-refractivity contribution in [2.75, 3.05) is 25.0 Å². The molecule has 0 amide bonds. The lowest BCUT2D eigenvalue weighted by Crippen LogP contribution is -2.34. The minimum atomic E-state index is 0.418. The van der Waals surface area contributed by atoms with E-state index < -0.39 is 0 Å². The standard InChI is InChI=1S/C15H23N3S/c1-5-18(6-2)10-12(4)16-15-17-13-8-7-11(3)9-14(13)19-15/h7-9,12H,5-6,10H2,1-4H3,(H,16,17). The van der Waals surface area contributed by atoms with Crippen LogP contribution < -0.4 is 5.32 Å². The molecule has 19 heavy (non-hydrogen) atoms. The molecule has 2 rings (SSSR count). The van der Waals surface area contributed by atoms with Gasteiger partial charge in [-0.2, -0.15) is 0 Å². The Balaban J connectivity index is 2.04. The Hall–Kier alpha value is -1.13. The van der Waals surface area contributed by atoms with Crippen LogP contribution >= 0.6 is 11.3 Å². The summed E-state index contributed by atoms with van der Waals surface area (Å²) < 4.78 is 1.26. The third kappa shape index (κ3) is 3.67. The molecular weight excluding hydrogens is 254 g/mol. The molecule has 0 radical (unpaired) electrons. The number of anilines is 1. The van der Waals surface area contributed by atoms with E-state index in [1.165, 1.54) is 10.3 Å². The first-order chi connectivity index (χ1) is 9.12. The molecule has 0 bridgehead atoms. The zero-order chi connectivity index (χ0) is 13.8. The molecule has 0 saturated carbocycles. The van der Waals surface area contributed by atoms with E-state index in [4.69, 9.17) is 0 Å². The van der Waals surface area contributed by atoms with E-state index >= 15 is 0 Å². The molecule has 1 atom stereocenters. The van der Waals surface area contributed by atoms with Gasteiger partial charge in [0.1, 0.15) is 0 Å². The highest BCUT2D eigenvalue weighted by atomic mass is 32.1. The zero-order valence-electron chi connectivity index (χ0n) is 12.2.